The first-order valence-electron chi connectivity index (χ1n) is 6.57. The van der Waals surface area contributed by atoms with Gasteiger partial charge in [0, 0.05) is 22.8 Å². The second-order valence-corrected chi connectivity index (χ2v) is 5.55. The zero-order valence-corrected chi connectivity index (χ0v) is 12.5. The maximum atomic E-state index is 12.9. The van der Waals surface area contributed by atoms with Gasteiger partial charge in [0.2, 0.25) is 0 Å². The van der Waals surface area contributed by atoms with E-state index in [2.05, 4.69) is 15.3 Å². The molecule has 1 amide bonds. The molecular weight excluding hydrogens is 301 g/mol. The molecule has 0 atom stereocenters. The number of nitrogens with one attached hydrogen (secondary N) is 1. The molecule has 0 radical (unpaired) electrons. The van der Waals surface area contributed by atoms with Gasteiger partial charge in [0.15, 0.2) is 5.13 Å². The maximum Gasteiger partial charge on any atom is 0.259 e. The Labute approximate surface area is 130 Å². The minimum atomic E-state index is -0.292. The third kappa shape index (κ3) is 3.17. The molecule has 22 heavy (non-hydrogen) atoms. The molecule has 0 unspecified atom stereocenters. The van der Waals surface area contributed by atoms with Gasteiger partial charge in [-0.3, -0.25) is 15.1 Å². The van der Waals surface area contributed by atoms with Crippen molar-refractivity contribution in [2.24, 2.45) is 0 Å². The van der Waals surface area contributed by atoms with Crippen molar-refractivity contribution in [2.45, 2.75) is 6.92 Å². The lowest BCUT2D eigenvalue weighted by molar-refractivity contribution is 0.102. The summed E-state index contributed by atoms with van der Waals surface area (Å²) >= 11 is 1.32. The van der Waals surface area contributed by atoms with Crippen molar-refractivity contribution in [1.82, 2.24) is 9.97 Å². The number of amides is 1. The van der Waals surface area contributed by atoms with Crippen LogP contribution in [0.2, 0.25) is 0 Å². The Kier molecular flexibility index (Phi) is 3.93. The normalized spacial score (nSPS) is 10.5. The molecule has 6 heteroatoms. The summed E-state index contributed by atoms with van der Waals surface area (Å²) in [6.07, 6.45) is 1.53. The molecule has 0 fully saturated rings. The van der Waals surface area contributed by atoms with Gasteiger partial charge in [0.05, 0.1) is 11.3 Å². The predicted octanol–water partition coefficient (Wildman–Crippen LogP) is 3.90. The highest BCUT2D eigenvalue weighted by molar-refractivity contribution is 7.14. The summed E-state index contributed by atoms with van der Waals surface area (Å²) in [5.41, 5.74) is 2.83. The van der Waals surface area contributed by atoms with Crippen molar-refractivity contribution in [2.75, 3.05) is 5.32 Å². The van der Waals surface area contributed by atoms with Crippen LogP contribution >= 0.6 is 11.3 Å². The topological polar surface area (TPSA) is 54.9 Å². The summed E-state index contributed by atoms with van der Waals surface area (Å²) in [7, 11) is 0. The molecule has 1 N–H and O–H groups in total. The van der Waals surface area contributed by atoms with Crippen molar-refractivity contribution in [3.63, 3.8) is 0 Å². The number of thiazole rings is 1. The van der Waals surface area contributed by atoms with Crippen molar-refractivity contribution in [3.05, 3.63) is 65.0 Å². The van der Waals surface area contributed by atoms with E-state index in [4.69, 9.17) is 0 Å². The highest BCUT2D eigenvalue weighted by Gasteiger charge is 2.10. The van der Waals surface area contributed by atoms with E-state index in [-0.39, 0.29) is 11.7 Å². The Hall–Kier alpha value is -2.60. The summed E-state index contributed by atoms with van der Waals surface area (Å²) in [4.78, 5) is 20.5. The number of nitrogens with zero attached hydrogens (tertiary/aromatic N) is 2. The number of aromatic nitrogens is 2. The van der Waals surface area contributed by atoms with E-state index in [1.807, 2.05) is 12.3 Å². The zero-order chi connectivity index (χ0) is 15.5. The third-order valence-corrected chi connectivity index (χ3v) is 3.80. The van der Waals surface area contributed by atoms with Gasteiger partial charge in [-0.25, -0.2) is 9.37 Å². The third-order valence-electron chi connectivity index (χ3n) is 3.04. The van der Waals surface area contributed by atoms with Crippen LogP contribution in [-0.2, 0) is 0 Å². The largest absolute Gasteiger partial charge is 0.298 e. The van der Waals surface area contributed by atoms with Crippen LogP contribution in [0, 0.1) is 12.7 Å². The lowest BCUT2D eigenvalue weighted by Crippen LogP contribution is -2.12. The average molecular weight is 313 g/mol. The molecule has 2 heterocycles. The molecule has 3 rings (SSSR count). The number of hydrogen-bond donors (Lipinski definition) is 1. The molecule has 1 aromatic carbocycles. The van der Waals surface area contributed by atoms with Gasteiger partial charge in [-0.05, 0) is 43.3 Å². The highest BCUT2D eigenvalue weighted by atomic mass is 32.1. The number of aryl methyl sites for hydroxylation is 1. The van der Waals surface area contributed by atoms with E-state index < -0.39 is 0 Å². The van der Waals surface area contributed by atoms with E-state index in [9.17, 15) is 9.18 Å². The van der Waals surface area contributed by atoms with Crippen LogP contribution in [-0.4, -0.2) is 15.9 Å². The Morgan fingerprint density at radius 2 is 1.95 bits per heavy atom. The molecule has 0 aliphatic heterocycles. The molecule has 0 aliphatic carbocycles. The zero-order valence-electron chi connectivity index (χ0n) is 11.7. The minimum absolute atomic E-state index is 0.257. The number of carbonyl (C=O) groups excluding carboxylic acids is 1. The monoisotopic (exact) mass is 313 g/mol. The molecule has 3 aromatic rings. The molecule has 0 saturated carbocycles. The van der Waals surface area contributed by atoms with Crippen LogP contribution in [0.4, 0.5) is 9.52 Å². The predicted molar refractivity (Wildman–Crippen MR) is 84.4 cm³/mol. The lowest BCUT2D eigenvalue weighted by atomic mass is 10.2. The first kappa shape index (κ1) is 14.3. The SMILES string of the molecule is Cc1ccc(C(=O)Nc2nc(-c3ccc(F)cc3)cs2)cn1. The molecule has 2 aromatic heterocycles. The van der Waals surface area contributed by atoms with Gasteiger partial charge in [0.1, 0.15) is 5.82 Å². The van der Waals surface area contributed by atoms with Gasteiger partial charge in [0.25, 0.3) is 5.91 Å². The number of pyridine rings is 1. The maximum absolute atomic E-state index is 12.9. The Bertz CT molecular complexity index is 797. The van der Waals surface area contributed by atoms with E-state index in [0.717, 1.165) is 11.3 Å². The number of carbonyl (C=O) groups is 1. The lowest BCUT2D eigenvalue weighted by Gasteiger charge is -2.01. The number of anilines is 1. The second-order valence-electron chi connectivity index (χ2n) is 4.69. The van der Waals surface area contributed by atoms with Gasteiger partial charge in [-0.15, -0.1) is 11.3 Å². The van der Waals surface area contributed by atoms with Gasteiger partial charge < -0.3 is 0 Å². The second kappa shape index (κ2) is 6.03. The highest BCUT2D eigenvalue weighted by Crippen LogP contribution is 2.25. The molecular formula is C16H12FN3OS. The van der Waals surface area contributed by atoms with Crippen LogP contribution in [0.5, 0.6) is 0 Å². The van der Waals surface area contributed by atoms with E-state index in [1.54, 1.807) is 24.3 Å². The molecule has 0 aliphatic rings. The van der Waals surface area contributed by atoms with Crippen molar-refractivity contribution < 1.29 is 9.18 Å². The summed E-state index contributed by atoms with van der Waals surface area (Å²) < 4.78 is 12.9. The van der Waals surface area contributed by atoms with Gasteiger partial charge >= 0.3 is 0 Å². The number of benzene rings is 1. The van der Waals surface area contributed by atoms with Gasteiger partial charge in [-0.2, -0.15) is 0 Å². The first-order chi connectivity index (χ1) is 10.6. The van der Waals surface area contributed by atoms with Crippen molar-refractivity contribution in [3.8, 4) is 11.3 Å². The summed E-state index contributed by atoms with van der Waals surface area (Å²) in [5.74, 6) is -0.549. The number of rotatable bonds is 3. The molecule has 110 valence electrons. The van der Waals surface area contributed by atoms with Crippen LogP contribution < -0.4 is 5.32 Å². The fourth-order valence-electron chi connectivity index (χ4n) is 1.86. The van der Waals surface area contributed by atoms with Crippen LogP contribution in [0.1, 0.15) is 16.1 Å². The average Bonchev–Trinajstić information content (AvgIpc) is 2.97. The summed E-state index contributed by atoms with van der Waals surface area (Å²) in [6.45, 7) is 1.86. The van der Waals surface area contributed by atoms with Crippen LogP contribution in [0.3, 0.4) is 0 Å². The number of halogens is 1. The quantitative estimate of drug-likeness (QED) is 0.797. The molecule has 4 nitrogen and oxygen atoms in total. The van der Waals surface area contributed by atoms with Crippen LogP contribution in [0.25, 0.3) is 11.3 Å². The number of hydrogen-bond acceptors (Lipinski definition) is 4. The van der Waals surface area contributed by atoms with E-state index >= 15 is 0 Å². The first-order valence-corrected chi connectivity index (χ1v) is 7.45. The van der Waals surface area contributed by atoms with Gasteiger partial charge in [-0.1, -0.05) is 0 Å². The Morgan fingerprint density at radius 3 is 2.64 bits per heavy atom. The Balaban J connectivity index is 1.75. The minimum Gasteiger partial charge on any atom is -0.298 e. The standard InChI is InChI=1S/C16H12FN3OS/c1-10-2-3-12(8-18-10)15(21)20-16-19-14(9-22-16)11-4-6-13(17)7-5-11/h2-9H,1H3,(H,19,20,21). The van der Waals surface area contributed by atoms with Crippen LogP contribution in [0.15, 0.2) is 48.0 Å². The fraction of sp³-hybridized carbons (Fsp3) is 0.0625. The van der Waals surface area contributed by atoms with E-state index in [1.165, 1.54) is 29.7 Å². The summed E-state index contributed by atoms with van der Waals surface area (Å²) in [5, 5.41) is 5.04. The molecule has 0 spiro atoms. The fourth-order valence-corrected chi connectivity index (χ4v) is 2.57. The van der Waals surface area contributed by atoms with Crippen molar-refractivity contribution >= 4 is 22.4 Å². The van der Waals surface area contributed by atoms with Crippen molar-refractivity contribution in [1.29, 1.82) is 0 Å². The molecule has 0 bridgehead atoms. The van der Waals surface area contributed by atoms with E-state index in [0.29, 0.717) is 16.4 Å². The molecule has 0 saturated heterocycles. The summed E-state index contributed by atoms with van der Waals surface area (Å²) in [6, 6.07) is 9.56. The smallest absolute Gasteiger partial charge is 0.259 e. The Morgan fingerprint density at radius 1 is 1.18 bits per heavy atom.